The van der Waals surface area contributed by atoms with Crippen LogP contribution in [-0.4, -0.2) is 29.3 Å². The molecule has 4 nitrogen and oxygen atoms in total. The Bertz CT molecular complexity index is 529. The van der Waals surface area contributed by atoms with Crippen molar-refractivity contribution in [1.82, 2.24) is 4.98 Å². The Morgan fingerprint density at radius 3 is 2.33 bits per heavy atom. The van der Waals surface area contributed by atoms with Crippen LogP contribution in [0.1, 0.15) is 32.0 Å². The molecule has 0 amide bonds. The van der Waals surface area contributed by atoms with Gasteiger partial charge in [-0.25, -0.2) is 0 Å². The van der Waals surface area contributed by atoms with Crippen LogP contribution >= 0.6 is 0 Å². The number of aromatic nitrogens is 1. The van der Waals surface area contributed by atoms with Crippen molar-refractivity contribution in [1.29, 1.82) is 0 Å². The lowest BCUT2D eigenvalue weighted by Gasteiger charge is -1.99. The molecule has 0 saturated heterocycles. The number of benzene rings is 1. The first kappa shape index (κ1) is 13.9. The summed E-state index contributed by atoms with van der Waals surface area (Å²) in [6, 6.07) is 8.99. The Kier molecular flexibility index (Phi) is 5.02. The summed E-state index contributed by atoms with van der Waals surface area (Å²) >= 11 is 0. The molecule has 0 bridgehead atoms. The van der Waals surface area contributed by atoms with Crippen molar-refractivity contribution < 1.29 is 14.7 Å². The Hall–Kier alpha value is -2.20. The van der Waals surface area contributed by atoms with Gasteiger partial charge in [-0.3, -0.25) is 9.59 Å². The Morgan fingerprint density at radius 1 is 1.22 bits per heavy atom. The molecule has 2 aromatic rings. The number of hydrogen-bond acceptors (Lipinski definition) is 3. The van der Waals surface area contributed by atoms with Crippen molar-refractivity contribution in [3.05, 3.63) is 58.9 Å². The Labute approximate surface area is 105 Å². The summed E-state index contributed by atoms with van der Waals surface area (Å²) in [4.78, 5) is 25.6. The van der Waals surface area contributed by atoms with Crippen molar-refractivity contribution in [2.24, 2.45) is 0 Å². The third-order valence-electron chi connectivity index (χ3n) is 2.57. The molecule has 94 valence electrons. The normalized spacial score (nSPS) is 9.28. The maximum atomic E-state index is 12.0. The molecule has 0 fully saturated rings. The van der Waals surface area contributed by atoms with Crippen LogP contribution in [0, 0.1) is 6.92 Å². The van der Waals surface area contributed by atoms with E-state index in [2.05, 4.69) is 4.98 Å². The van der Waals surface area contributed by atoms with Crippen LogP contribution in [0.4, 0.5) is 0 Å². The highest BCUT2D eigenvalue weighted by molar-refractivity contribution is 6.09. The number of aldehydes is 1. The lowest BCUT2D eigenvalue weighted by atomic mass is 10.0. The van der Waals surface area contributed by atoms with Crippen LogP contribution in [0.5, 0.6) is 0 Å². The van der Waals surface area contributed by atoms with Gasteiger partial charge < -0.3 is 10.1 Å². The average molecular weight is 245 g/mol. The lowest BCUT2D eigenvalue weighted by Crippen LogP contribution is -2.03. The summed E-state index contributed by atoms with van der Waals surface area (Å²) in [5.41, 5.74) is 2.32. The molecule has 0 unspecified atom stereocenters. The number of aromatic amines is 1. The molecule has 0 aliphatic carbocycles. The van der Waals surface area contributed by atoms with Gasteiger partial charge in [0.25, 0.3) is 0 Å². The zero-order valence-electron chi connectivity index (χ0n) is 10.3. The smallest absolute Gasteiger partial charge is 0.209 e. The van der Waals surface area contributed by atoms with E-state index in [0.29, 0.717) is 22.4 Å². The van der Waals surface area contributed by atoms with Crippen LogP contribution in [0.3, 0.4) is 0 Å². The quantitative estimate of drug-likeness (QED) is 0.641. The van der Waals surface area contributed by atoms with Crippen LogP contribution in [0.15, 0.2) is 36.5 Å². The van der Waals surface area contributed by atoms with E-state index in [0.717, 1.165) is 13.4 Å². The van der Waals surface area contributed by atoms with Gasteiger partial charge in [-0.1, -0.05) is 30.3 Å². The first-order valence-corrected chi connectivity index (χ1v) is 5.41. The highest BCUT2D eigenvalue weighted by Crippen LogP contribution is 2.15. The van der Waals surface area contributed by atoms with Crippen molar-refractivity contribution >= 4 is 12.1 Å². The summed E-state index contributed by atoms with van der Waals surface area (Å²) in [7, 11) is 1.00. The van der Waals surface area contributed by atoms with Crippen molar-refractivity contribution in [2.45, 2.75) is 6.92 Å². The molecule has 2 rings (SSSR count). The second kappa shape index (κ2) is 6.51. The van der Waals surface area contributed by atoms with Crippen molar-refractivity contribution in [2.75, 3.05) is 7.11 Å². The first-order chi connectivity index (χ1) is 8.74. The topological polar surface area (TPSA) is 70.2 Å². The molecule has 1 heterocycles. The monoisotopic (exact) mass is 245 g/mol. The number of aliphatic hydroxyl groups excluding tert-OH is 1. The SMILES string of the molecule is CO.Cc1c(C=O)c[nH]c1C(=O)c1ccccc1. The number of carbonyl (C=O) groups excluding carboxylic acids is 2. The molecule has 4 heteroatoms. The van der Waals surface area contributed by atoms with Gasteiger partial charge >= 0.3 is 0 Å². The number of H-pyrrole nitrogens is 1. The molecule has 18 heavy (non-hydrogen) atoms. The van der Waals surface area contributed by atoms with Crippen LogP contribution in [0.25, 0.3) is 0 Å². The number of ketones is 1. The zero-order valence-corrected chi connectivity index (χ0v) is 10.3. The summed E-state index contributed by atoms with van der Waals surface area (Å²) in [6.07, 6.45) is 2.30. The minimum Gasteiger partial charge on any atom is -0.400 e. The lowest BCUT2D eigenvalue weighted by molar-refractivity contribution is 0.103. The van der Waals surface area contributed by atoms with E-state index >= 15 is 0 Å². The molecule has 0 aliphatic rings. The fourth-order valence-electron chi connectivity index (χ4n) is 1.60. The second-order valence-corrected chi connectivity index (χ2v) is 3.56. The molecule has 0 spiro atoms. The largest absolute Gasteiger partial charge is 0.400 e. The summed E-state index contributed by atoms with van der Waals surface area (Å²) in [6.45, 7) is 1.76. The Morgan fingerprint density at radius 2 is 1.83 bits per heavy atom. The van der Waals surface area contributed by atoms with Gasteiger partial charge in [-0.2, -0.15) is 0 Å². The highest BCUT2D eigenvalue weighted by Gasteiger charge is 2.15. The minimum absolute atomic E-state index is 0.0915. The molecular weight excluding hydrogens is 230 g/mol. The number of hydrogen-bond donors (Lipinski definition) is 2. The van der Waals surface area contributed by atoms with E-state index in [4.69, 9.17) is 5.11 Å². The van der Waals surface area contributed by atoms with Gasteiger partial charge in [-0.15, -0.1) is 0 Å². The van der Waals surface area contributed by atoms with E-state index in [1.807, 2.05) is 18.2 Å². The molecule has 0 aliphatic heterocycles. The Balaban J connectivity index is 0.000000771. The molecule has 0 saturated carbocycles. The maximum Gasteiger partial charge on any atom is 0.209 e. The van der Waals surface area contributed by atoms with E-state index in [1.54, 1.807) is 25.3 Å². The fourth-order valence-corrected chi connectivity index (χ4v) is 1.60. The molecule has 2 N–H and O–H groups in total. The molecule has 0 atom stereocenters. The van der Waals surface area contributed by atoms with Crippen molar-refractivity contribution in [3.63, 3.8) is 0 Å². The zero-order chi connectivity index (χ0) is 13.5. The van der Waals surface area contributed by atoms with Gasteiger partial charge in [0.15, 0.2) is 6.29 Å². The first-order valence-electron chi connectivity index (χ1n) is 5.41. The highest BCUT2D eigenvalue weighted by atomic mass is 16.2. The summed E-state index contributed by atoms with van der Waals surface area (Å²) < 4.78 is 0. The van der Waals surface area contributed by atoms with E-state index < -0.39 is 0 Å². The van der Waals surface area contributed by atoms with Gasteiger partial charge in [-0.05, 0) is 12.5 Å². The minimum atomic E-state index is -0.0915. The third-order valence-corrected chi connectivity index (χ3v) is 2.57. The van der Waals surface area contributed by atoms with E-state index in [-0.39, 0.29) is 5.78 Å². The van der Waals surface area contributed by atoms with Gasteiger partial charge in [0.2, 0.25) is 5.78 Å². The number of carbonyl (C=O) groups is 2. The molecule has 1 aromatic heterocycles. The molecule has 0 radical (unpaired) electrons. The fraction of sp³-hybridized carbons (Fsp3) is 0.143. The average Bonchev–Trinajstić information content (AvgIpc) is 2.82. The second-order valence-electron chi connectivity index (χ2n) is 3.56. The van der Waals surface area contributed by atoms with Gasteiger partial charge in [0.05, 0.1) is 5.69 Å². The van der Waals surface area contributed by atoms with Crippen LogP contribution < -0.4 is 0 Å². The third kappa shape index (κ3) is 2.73. The van der Waals surface area contributed by atoms with Crippen molar-refractivity contribution in [3.8, 4) is 0 Å². The number of rotatable bonds is 3. The number of aliphatic hydroxyl groups is 1. The summed E-state index contributed by atoms with van der Waals surface area (Å²) in [5.74, 6) is -0.0915. The predicted molar refractivity (Wildman–Crippen MR) is 68.9 cm³/mol. The number of nitrogens with one attached hydrogen (secondary N) is 1. The molecular formula is C14H15NO3. The van der Waals surface area contributed by atoms with E-state index in [9.17, 15) is 9.59 Å². The predicted octanol–water partition coefficient (Wildman–Crippen LogP) is 1.98. The van der Waals surface area contributed by atoms with Gasteiger partial charge in [0.1, 0.15) is 0 Å². The standard InChI is InChI=1S/C13H11NO2.CH4O/c1-9-11(8-15)7-14-12(9)13(16)10-5-3-2-4-6-10;1-2/h2-8,14H,1H3;2H,1H3. The van der Waals surface area contributed by atoms with Crippen LogP contribution in [-0.2, 0) is 0 Å². The molecule has 1 aromatic carbocycles. The van der Waals surface area contributed by atoms with Gasteiger partial charge in [0, 0.05) is 24.4 Å². The maximum absolute atomic E-state index is 12.0. The van der Waals surface area contributed by atoms with E-state index in [1.165, 1.54) is 0 Å². The van der Waals surface area contributed by atoms with Crippen LogP contribution in [0.2, 0.25) is 0 Å². The summed E-state index contributed by atoms with van der Waals surface area (Å²) in [5, 5.41) is 7.00.